The molecule has 0 aromatic carbocycles. The lowest BCUT2D eigenvalue weighted by atomic mass is 9.80. The lowest BCUT2D eigenvalue weighted by molar-refractivity contribution is -0.292. The molecule has 4 heteroatoms. The molecule has 2 fully saturated rings. The summed E-state index contributed by atoms with van der Waals surface area (Å²) in [5.41, 5.74) is 0.826. The number of fused-ring (bicyclic) bond motifs is 1. The molecule has 1 heterocycles. The Morgan fingerprint density at radius 1 is 1.38 bits per heavy atom. The third-order valence-corrected chi connectivity index (χ3v) is 3.78. The molecule has 0 radical (unpaired) electrons. The molecule has 3 rings (SSSR count). The first-order valence-electron chi connectivity index (χ1n) is 5.96. The Balaban J connectivity index is 1.81. The fraction of sp³-hybridized carbons (Fsp3) is 0.750. The molecule has 0 bridgehead atoms. The Kier molecular flexibility index (Phi) is 2.30. The molecular weight excluding hydrogens is 208 g/mol. The van der Waals surface area contributed by atoms with E-state index in [4.69, 9.17) is 14.6 Å². The van der Waals surface area contributed by atoms with Crippen LogP contribution in [0.4, 0.5) is 0 Å². The van der Waals surface area contributed by atoms with Crippen molar-refractivity contribution >= 4 is 5.97 Å². The van der Waals surface area contributed by atoms with Gasteiger partial charge in [0.1, 0.15) is 12.0 Å². The lowest BCUT2D eigenvalue weighted by Crippen LogP contribution is -2.56. The molecule has 2 atom stereocenters. The molecule has 2 aliphatic carbocycles. The SMILES string of the molecule is O=C1OC2(CCCCC2)O[C@H]2C(CO)=C[C@@H]12. The smallest absolute Gasteiger partial charge is 0.318 e. The van der Waals surface area contributed by atoms with Gasteiger partial charge in [-0.05, 0) is 18.4 Å². The Labute approximate surface area is 94.2 Å². The molecule has 16 heavy (non-hydrogen) atoms. The van der Waals surface area contributed by atoms with Gasteiger partial charge in [0.05, 0.1) is 6.61 Å². The summed E-state index contributed by atoms with van der Waals surface area (Å²) in [7, 11) is 0. The maximum Gasteiger partial charge on any atom is 0.318 e. The quantitative estimate of drug-likeness (QED) is 0.536. The van der Waals surface area contributed by atoms with E-state index in [2.05, 4.69) is 0 Å². The average molecular weight is 224 g/mol. The van der Waals surface area contributed by atoms with Crippen LogP contribution in [0.15, 0.2) is 11.6 Å². The minimum Gasteiger partial charge on any atom is -0.433 e. The number of carbonyl (C=O) groups is 1. The standard InChI is InChI=1S/C12H16O4/c13-7-8-6-9-10(8)15-12(16-11(9)14)4-2-1-3-5-12/h6,9-10,13H,1-5,7H2/t9-,10+/m1/s1. The van der Waals surface area contributed by atoms with Crippen LogP contribution in [0, 0.1) is 5.92 Å². The maximum absolute atomic E-state index is 11.8. The minimum absolute atomic E-state index is 0.0233. The van der Waals surface area contributed by atoms with E-state index in [0.717, 1.165) is 31.3 Å². The van der Waals surface area contributed by atoms with Crippen molar-refractivity contribution in [2.45, 2.75) is 44.0 Å². The highest BCUT2D eigenvalue weighted by molar-refractivity contribution is 5.79. The van der Waals surface area contributed by atoms with Crippen molar-refractivity contribution in [3.63, 3.8) is 0 Å². The first-order valence-corrected chi connectivity index (χ1v) is 5.96. The zero-order chi connectivity index (χ0) is 11.2. The van der Waals surface area contributed by atoms with Gasteiger partial charge in [-0.15, -0.1) is 0 Å². The second-order valence-electron chi connectivity index (χ2n) is 4.86. The summed E-state index contributed by atoms with van der Waals surface area (Å²) in [6, 6.07) is 0. The van der Waals surface area contributed by atoms with Crippen molar-refractivity contribution < 1.29 is 19.4 Å². The van der Waals surface area contributed by atoms with Gasteiger partial charge in [-0.25, -0.2) is 0 Å². The van der Waals surface area contributed by atoms with Crippen LogP contribution in [0.2, 0.25) is 0 Å². The third-order valence-electron chi connectivity index (χ3n) is 3.78. The molecule has 1 aliphatic heterocycles. The normalized spacial score (nSPS) is 36.1. The van der Waals surface area contributed by atoms with E-state index in [9.17, 15) is 4.79 Å². The van der Waals surface area contributed by atoms with E-state index in [1.165, 1.54) is 6.42 Å². The van der Waals surface area contributed by atoms with Gasteiger partial charge >= 0.3 is 5.97 Å². The maximum atomic E-state index is 11.8. The number of aliphatic hydroxyl groups excluding tert-OH is 1. The largest absolute Gasteiger partial charge is 0.433 e. The van der Waals surface area contributed by atoms with Gasteiger partial charge in [0, 0.05) is 12.8 Å². The van der Waals surface area contributed by atoms with E-state index >= 15 is 0 Å². The first kappa shape index (κ1) is 10.3. The number of carbonyl (C=O) groups excluding carboxylic acids is 1. The van der Waals surface area contributed by atoms with Crippen molar-refractivity contribution in [2.75, 3.05) is 6.61 Å². The number of hydrogen-bond donors (Lipinski definition) is 1. The van der Waals surface area contributed by atoms with Gasteiger partial charge in [0.15, 0.2) is 0 Å². The van der Waals surface area contributed by atoms with Crippen molar-refractivity contribution in [3.8, 4) is 0 Å². The Morgan fingerprint density at radius 2 is 2.12 bits per heavy atom. The number of esters is 1. The molecule has 0 amide bonds. The highest BCUT2D eigenvalue weighted by Crippen LogP contribution is 2.44. The second kappa shape index (κ2) is 3.57. The number of aliphatic hydroxyl groups is 1. The zero-order valence-corrected chi connectivity index (χ0v) is 9.15. The van der Waals surface area contributed by atoms with Crippen molar-refractivity contribution in [1.82, 2.24) is 0 Å². The fourth-order valence-corrected chi connectivity index (χ4v) is 2.83. The predicted octanol–water partition coefficient (Wildman–Crippen LogP) is 1.14. The van der Waals surface area contributed by atoms with Gasteiger partial charge < -0.3 is 14.6 Å². The van der Waals surface area contributed by atoms with Crippen molar-refractivity contribution in [3.05, 3.63) is 11.6 Å². The molecular formula is C12H16O4. The van der Waals surface area contributed by atoms with Gasteiger partial charge in [0.25, 0.3) is 0 Å². The van der Waals surface area contributed by atoms with Crippen LogP contribution in [0.1, 0.15) is 32.1 Å². The van der Waals surface area contributed by atoms with Crippen LogP contribution in [0.25, 0.3) is 0 Å². The highest BCUT2D eigenvalue weighted by Gasteiger charge is 2.52. The lowest BCUT2D eigenvalue weighted by Gasteiger charge is -2.48. The van der Waals surface area contributed by atoms with Crippen LogP contribution in [-0.2, 0) is 14.3 Å². The van der Waals surface area contributed by atoms with Crippen LogP contribution in [-0.4, -0.2) is 29.6 Å². The van der Waals surface area contributed by atoms with E-state index < -0.39 is 5.79 Å². The summed E-state index contributed by atoms with van der Waals surface area (Å²) in [6.07, 6.45) is 6.37. The van der Waals surface area contributed by atoms with Gasteiger partial charge in [-0.2, -0.15) is 0 Å². The molecule has 0 unspecified atom stereocenters. The molecule has 3 aliphatic rings. The summed E-state index contributed by atoms with van der Waals surface area (Å²) >= 11 is 0. The van der Waals surface area contributed by atoms with Crippen LogP contribution >= 0.6 is 0 Å². The molecule has 1 saturated carbocycles. The molecule has 1 spiro atoms. The van der Waals surface area contributed by atoms with E-state index in [0.29, 0.717) is 0 Å². The summed E-state index contributed by atoms with van der Waals surface area (Å²) in [6.45, 7) is -0.0233. The molecule has 4 nitrogen and oxygen atoms in total. The van der Waals surface area contributed by atoms with Gasteiger partial charge in [-0.1, -0.05) is 12.5 Å². The Hall–Kier alpha value is -0.870. The summed E-state index contributed by atoms with van der Waals surface area (Å²) in [5, 5.41) is 9.10. The molecule has 88 valence electrons. The second-order valence-corrected chi connectivity index (χ2v) is 4.86. The monoisotopic (exact) mass is 224 g/mol. The third kappa shape index (κ3) is 1.40. The van der Waals surface area contributed by atoms with Crippen molar-refractivity contribution in [1.29, 1.82) is 0 Å². The molecule has 1 N–H and O–H groups in total. The van der Waals surface area contributed by atoms with E-state index in [-0.39, 0.29) is 24.6 Å². The van der Waals surface area contributed by atoms with Gasteiger partial charge in [-0.3, -0.25) is 4.79 Å². The average Bonchev–Trinajstić information content (AvgIpc) is 2.25. The zero-order valence-electron chi connectivity index (χ0n) is 9.15. The summed E-state index contributed by atoms with van der Waals surface area (Å²) in [5.74, 6) is -1.16. The van der Waals surface area contributed by atoms with E-state index in [1.54, 1.807) is 6.08 Å². The van der Waals surface area contributed by atoms with Crippen molar-refractivity contribution in [2.24, 2.45) is 5.92 Å². The summed E-state index contributed by atoms with van der Waals surface area (Å²) < 4.78 is 11.4. The highest BCUT2D eigenvalue weighted by atomic mass is 16.7. The number of hydrogen-bond acceptors (Lipinski definition) is 4. The van der Waals surface area contributed by atoms with E-state index in [1.807, 2.05) is 0 Å². The number of ether oxygens (including phenoxy) is 2. The number of rotatable bonds is 1. The summed E-state index contributed by atoms with van der Waals surface area (Å²) in [4.78, 5) is 11.8. The van der Waals surface area contributed by atoms with Gasteiger partial charge in [0.2, 0.25) is 5.79 Å². The topological polar surface area (TPSA) is 55.8 Å². The van der Waals surface area contributed by atoms with Crippen LogP contribution in [0.3, 0.4) is 0 Å². The predicted molar refractivity (Wildman–Crippen MR) is 55.4 cm³/mol. The molecule has 0 aromatic heterocycles. The van der Waals surface area contributed by atoms with Crippen LogP contribution in [0.5, 0.6) is 0 Å². The van der Waals surface area contributed by atoms with Crippen LogP contribution < -0.4 is 0 Å². The Bertz CT molecular complexity index is 341. The first-order chi connectivity index (χ1) is 7.74. The minimum atomic E-state index is -0.689. The molecule has 0 aromatic rings. The fourth-order valence-electron chi connectivity index (χ4n) is 2.83. The Morgan fingerprint density at radius 3 is 2.81 bits per heavy atom. The molecule has 1 saturated heterocycles.